The number of aryl methyl sites for hydroxylation is 1. The smallest absolute Gasteiger partial charge is 0.244 e. The van der Waals surface area contributed by atoms with Crippen LogP contribution in [0.5, 0.6) is 0 Å². The minimum absolute atomic E-state index is 0.142. The van der Waals surface area contributed by atoms with E-state index < -0.39 is 0 Å². The Hall–Kier alpha value is -1.73. The fourth-order valence-corrected chi connectivity index (χ4v) is 3.10. The van der Waals surface area contributed by atoms with Crippen molar-refractivity contribution in [2.24, 2.45) is 0 Å². The molecular weight excluding hydrogens is 286 g/mol. The summed E-state index contributed by atoms with van der Waals surface area (Å²) in [6.45, 7) is 6.61. The summed E-state index contributed by atoms with van der Waals surface area (Å²) < 4.78 is 1.67. The van der Waals surface area contributed by atoms with Gasteiger partial charge in [0, 0.05) is 50.5 Å². The van der Waals surface area contributed by atoms with Gasteiger partial charge in [-0.2, -0.15) is 5.10 Å². The number of nitrogens with zero attached hydrogens (tertiary/aromatic N) is 5. The van der Waals surface area contributed by atoms with Gasteiger partial charge in [0.1, 0.15) is 6.54 Å². The van der Waals surface area contributed by atoms with Crippen LogP contribution in [-0.2, 0) is 17.9 Å². The van der Waals surface area contributed by atoms with Crippen molar-refractivity contribution in [3.8, 4) is 0 Å². The van der Waals surface area contributed by atoms with Crippen LogP contribution in [0.2, 0.25) is 0 Å². The first kappa shape index (κ1) is 14.2. The molecule has 0 saturated carbocycles. The van der Waals surface area contributed by atoms with E-state index in [1.54, 1.807) is 22.2 Å². The molecule has 1 aliphatic heterocycles. The lowest BCUT2D eigenvalue weighted by Gasteiger charge is -2.34. The third-order valence-corrected chi connectivity index (χ3v) is 4.46. The summed E-state index contributed by atoms with van der Waals surface area (Å²) in [4.78, 5) is 20.9. The molecule has 3 rings (SSSR count). The molecule has 0 atom stereocenters. The number of carbonyl (C=O) groups excluding carboxylic acids is 1. The zero-order valence-corrected chi connectivity index (χ0v) is 12.9. The molecule has 3 heterocycles. The zero-order chi connectivity index (χ0) is 14.7. The Morgan fingerprint density at radius 1 is 1.33 bits per heavy atom. The molecule has 0 bridgehead atoms. The number of rotatable bonds is 4. The SMILES string of the molecule is Cc1nc(CN2CCN(C(=O)Cn3cccn3)CC2)cs1. The molecule has 0 aliphatic carbocycles. The largest absolute Gasteiger partial charge is 0.339 e. The van der Waals surface area contributed by atoms with Crippen LogP contribution in [0.1, 0.15) is 10.7 Å². The minimum atomic E-state index is 0.142. The van der Waals surface area contributed by atoms with Crippen LogP contribution in [-0.4, -0.2) is 56.7 Å². The van der Waals surface area contributed by atoms with Gasteiger partial charge >= 0.3 is 0 Å². The Balaban J connectivity index is 1.47. The van der Waals surface area contributed by atoms with E-state index in [0.717, 1.165) is 43.4 Å². The Labute approximate surface area is 128 Å². The van der Waals surface area contributed by atoms with E-state index in [2.05, 4.69) is 20.4 Å². The number of carbonyl (C=O) groups is 1. The third kappa shape index (κ3) is 3.68. The molecule has 112 valence electrons. The van der Waals surface area contributed by atoms with E-state index in [1.165, 1.54) is 0 Å². The lowest BCUT2D eigenvalue weighted by Crippen LogP contribution is -2.49. The normalized spacial score (nSPS) is 16.3. The van der Waals surface area contributed by atoms with Gasteiger partial charge in [0.05, 0.1) is 10.7 Å². The van der Waals surface area contributed by atoms with Gasteiger partial charge in [-0.3, -0.25) is 14.4 Å². The maximum absolute atomic E-state index is 12.2. The number of piperazine rings is 1. The quantitative estimate of drug-likeness (QED) is 0.845. The van der Waals surface area contributed by atoms with Crippen molar-refractivity contribution in [1.82, 2.24) is 24.6 Å². The summed E-state index contributed by atoms with van der Waals surface area (Å²) in [7, 11) is 0. The van der Waals surface area contributed by atoms with Gasteiger partial charge in [0.15, 0.2) is 0 Å². The summed E-state index contributed by atoms with van der Waals surface area (Å²) in [5.41, 5.74) is 1.13. The molecule has 1 saturated heterocycles. The summed E-state index contributed by atoms with van der Waals surface area (Å²) in [5, 5.41) is 7.30. The van der Waals surface area contributed by atoms with Crippen LogP contribution >= 0.6 is 11.3 Å². The minimum Gasteiger partial charge on any atom is -0.339 e. The highest BCUT2D eigenvalue weighted by atomic mass is 32.1. The summed E-state index contributed by atoms with van der Waals surface area (Å²) >= 11 is 1.69. The fourth-order valence-electron chi connectivity index (χ4n) is 2.50. The second-order valence-corrected chi connectivity index (χ2v) is 6.28. The molecule has 21 heavy (non-hydrogen) atoms. The summed E-state index contributed by atoms with van der Waals surface area (Å²) in [6.07, 6.45) is 3.51. The van der Waals surface area contributed by atoms with Gasteiger partial charge in [-0.05, 0) is 13.0 Å². The van der Waals surface area contributed by atoms with E-state index in [0.29, 0.717) is 6.54 Å². The number of aromatic nitrogens is 3. The molecule has 0 radical (unpaired) electrons. The Morgan fingerprint density at radius 2 is 2.14 bits per heavy atom. The Bertz CT molecular complexity index is 586. The fraction of sp³-hybridized carbons (Fsp3) is 0.500. The number of amides is 1. The molecular formula is C14H19N5OS. The maximum atomic E-state index is 12.2. The standard InChI is InChI=1S/C14H19N5OS/c1-12-16-13(11-21-12)9-17-5-7-18(8-6-17)14(20)10-19-4-2-3-15-19/h2-4,11H,5-10H2,1H3. The van der Waals surface area contributed by atoms with Crippen LogP contribution in [0.15, 0.2) is 23.8 Å². The van der Waals surface area contributed by atoms with E-state index in [1.807, 2.05) is 24.1 Å². The zero-order valence-electron chi connectivity index (χ0n) is 12.1. The molecule has 6 nitrogen and oxygen atoms in total. The van der Waals surface area contributed by atoms with Crippen molar-refractivity contribution >= 4 is 17.2 Å². The predicted molar refractivity (Wildman–Crippen MR) is 80.9 cm³/mol. The topological polar surface area (TPSA) is 54.3 Å². The van der Waals surface area contributed by atoms with Crippen LogP contribution in [0, 0.1) is 6.92 Å². The van der Waals surface area contributed by atoms with Gasteiger partial charge in [-0.15, -0.1) is 11.3 Å². The second kappa shape index (κ2) is 6.36. The third-order valence-electron chi connectivity index (χ3n) is 3.63. The van der Waals surface area contributed by atoms with Gasteiger partial charge in [-0.25, -0.2) is 4.98 Å². The van der Waals surface area contributed by atoms with Crippen LogP contribution in [0.25, 0.3) is 0 Å². The maximum Gasteiger partial charge on any atom is 0.244 e. The Morgan fingerprint density at radius 3 is 2.76 bits per heavy atom. The van der Waals surface area contributed by atoms with E-state index >= 15 is 0 Å². The molecule has 2 aromatic heterocycles. The van der Waals surface area contributed by atoms with Crippen molar-refractivity contribution in [1.29, 1.82) is 0 Å². The Kier molecular flexibility index (Phi) is 4.31. The molecule has 1 amide bonds. The average molecular weight is 305 g/mol. The van der Waals surface area contributed by atoms with Gasteiger partial charge < -0.3 is 4.90 Å². The van der Waals surface area contributed by atoms with E-state index in [9.17, 15) is 4.79 Å². The first-order valence-electron chi connectivity index (χ1n) is 7.09. The highest BCUT2D eigenvalue weighted by molar-refractivity contribution is 7.09. The highest BCUT2D eigenvalue weighted by Crippen LogP contribution is 2.12. The lowest BCUT2D eigenvalue weighted by atomic mass is 10.3. The van der Waals surface area contributed by atoms with Crippen molar-refractivity contribution in [3.05, 3.63) is 34.5 Å². The van der Waals surface area contributed by atoms with Crippen LogP contribution < -0.4 is 0 Å². The monoisotopic (exact) mass is 305 g/mol. The first-order chi connectivity index (χ1) is 10.2. The predicted octanol–water partition coefficient (Wildman–Crippen LogP) is 0.992. The first-order valence-corrected chi connectivity index (χ1v) is 7.97. The molecule has 0 aromatic carbocycles. The molecule has 0 spiro atoms. The van der Waals surface area contributed by atoms with Gasteiger partial charge in [0.2, 0.25) is 5.91 Å². The second-order valence-electron chi connectivity index (χ2n) is 5.22. The van der Waals surface area contributed by atoms with E-state index in [4.69, 9.17) is 0 Å². The van der Waals surface area contributed by atoms with Crippen molar-refractivity contribution in [2.45, 2.75) is 20.0 Å². The molecule has 2 aromatic rings. The lowest BCUT2D eigenvalue weighted by molar-refractivity contribution is -0.133. The number of thiazole rings is 1. The van der Waals surface area contributed by atoms with Crippen molar-refractivity contribution in [2.75, 3.05) is 26.2 Å². The molecule has 1 aliphatic rings. The van der Waals surface area contributed by atoms with Crippen molar-refractivity contribution in [3.63, 3.8) is 0 Å². The summed E-state index contributed by atoms with van der Waals surface area (Å²) in [5.74, 6) is 0.142. The van der Waals surface area contributed by atoms with E-state index in [-0.39, 0.29) is 5.91 Å². The van der Waals surface area contributed by atoms with Gasteiger partial charge in [-0.1, -0.05) is 0 Å². The summed E-state index contributed by atoms with van der Waals surface area (Å²) in [6, 6.07) is 1.83. The van der Waals surface area contributed by atoms with Crippen LogP contribution in [0.3, 0.4) is 0 Å². The average Bonchev–Trinajstić information content (AvgIpc) is 3.12. The number of hydrogen-bond donors (Lipinski definition) is 0. The molecule has 0 unspecified atom stereocenters. The van der Waals surface area contributed by atoms with Crippen molar-refractivity contribution < 1.29 is 4.79 Å². The van der Waals surface area contributed by atoms with Gasteiger partial charge in [0.25, 0.3) is 0 Å². The highest BCUT2D eigenvalue weighted by Gasteiger charge is 2.21. The molecule has 1 fully saturated rings. The molecule has 7 heteroatoms. The number of hydrogen-bond acceptors (Lipinski definition) is 5. The van der Waals surface area contributed by atoms with Crippen LogP contribution in [0.4, 0.5) is 0 Å². The molecule has 0 N–H and O–H groups in total.